The molecule has 0 aromatic heterocycles. The summed E-state index contributed by atoms with van der Waals surface area (Å²) in [6.07, 6.45) is 0.451. The van der Waals surface area contributed by atoms with Crippen molar-refractivity contribution in [2.24, 2.45) is 0 Å². The van der Waals surface area contributed by atoms with E-state index in [0.29, 0.717) is 12.1 Å². The summed E-state index contributed by atoms with van der Waals surface area (Å²) in [5.41, 5.74) is 0.487. The van der Waals surface area contributed by atoms with E-state index < -0.39 is 18.5 Å². The number of hydrogen-bond donors (Lipinski definition) is 1. The number of para-hydroxylation sites is 1. The number of rotatable bonds is 5. The number of ether oxygens (including phenoxy) is 2. The lowest BCUT2D eigenvalue weighted by Crippen LogP contribution is -2.16. The third kappa shape index (κ3) is 3.60. The van der Waals surface area contributed by atoms with Gasteiger partial charge in [0.1, 0.15) is 0 Å². The van der Waals surface area contributed by atoms with Gasteiger partial charge in [-0.15, -0.1) is 0 Å². The highest BCUT2D eigenvalue weighted by Gasteiger charge is 2.13. The van der Waals surface area contributed by atoms with E-state index in [0.717, 1.165) is 0 Å². The first-order valence-corrected chi connectivity index (χ1v) is 4.72. The van der Waals surface area contributed by atoms with Crippen LogP contribution in [0.25, 0.3) is 0 Å². The summed E-state index contributed by atoms with van der Waals surface area (Å²) in [6.45, 7) is -0.468. The van der Waals surface area contributed by atoms with Gasteiger partial charge in [-0.3, -0.25) is 4.79 Å². The average Bonchev–Trinajstić information content (AvgIpc) is 2.36. The lowest BCUT2D eigenvalue weighted by molar-refractivity contribution is -0.144. The molecule has 1 aromatic carbocycles. The second kappa shape index (κ2) is 6.26. The van der Waals surface area contributed by atoms with Crippen LogP contribution in [0.5, 0.6) is 0 Å². The normalized spacial score (nSPS) is 9.24. The Morgan fingerprint density at radius 1 is 1.35 bits per heavy atom. The van der Waals surface area contributed by atoms with Gasteiger partial charge in [0, 0.05) is 0 Å². The Bertz CT molecular complexity index is 430. The molecule has 0 unspecified atom stereocenters. The van der Waals surface area contributed by atoms with Gasteiger partial charge in [-0.25, -0.2) is 9.59 Å². The van der Waals surface area contributed by atoms with Crippen LogP contribution < -0.4 is 5.32 Å². The third-order valence-electron chi connectivity index (χ3n) is 1.91. The minimum atomic E-state index is -0.708. The molecular weight excluding hydrogens is 226 g/mol. The Morgan fingerprint density at radius 2 is 2.06 bits per heavy atom. The highest BCUT2D eigenvalue weighted by atomic mass is 16.6. The molecule has 6 nitrogen and oxygen atoms in total. The van der Waals surface area contributed by atoms with E-state index in [1.807, 2.05) is 0 Å². The average molecular weight is 237 g/mol. The smallest absolute Gasteiger partial charge is 0.344 e. The maximum atomic E-state index is 11.6. The van der Waals surface area contributed by atoms with Crippen molar-refractivity contribution in [2.75, 3.05) is 19.0 Å². The van der Waals surface area contributed by atoms with Crippen LogP contribution in [0.1, 0.15) is 10.4 Å². The standard InChI is InChI=1S/C11H11NO5/c1-16-10(14)6-17-11(15)8-4-2-3-5-9(8)12-7-13/h2-5,7H,6H2,1H3,(H,12,13). The van der Waals surface area contributed by atoms with Crippen LogP contribution in [0, 0.1) is 0 Å². The molecule has 17 heavy (non-hydrogen) atoms. The Morgan fingerprint density at radius 3 is 2.71 bits per heavy atom. The van der Waals surface area contributed by atoms with E-state index in [1.54, 1.807) is 18.2 Å². The number of nitrogens with one attached hydrogen (secondary N) is 1. The fourth-order valence-corrected chi connectivity index (χ4v) is 1.11. The zero-order chi connectivity index (χ0) is 12.7. The molecule has 0 heterocycles. The monoisotopic (exact) mass is 237 g/mol. The summed E-state index contributed by atoms with van der Waals surface area (Å²) in [5.74, 6) is -1.36. The summed E-state index contributed by atoms with van der Waals surface area (Å²) in [5, 5.41) is 2.36. The van der Waals surface area contributed by atoms with E-state index in [2.05, 4.69) is 10.1 Å². The minimum absolute atomic E-state index is 0.170. The first kappa shape index (κ1) is 12.7. The number of methoxy groups -OCH3 is 1. The highest BCUT2D eigenvalue weighted by molar-refractivity contribution is 5.98. The van der Waals surface area contributed by atoms with Gasteiger partial charge >= 0.3 is 11.9 Å². The van der Waals surface area contributed by atoms with Gasteiger partial charge in [0.15, 0.2) is 6.61 Å². The molecule has 1 amide bonds. The SMILES string of the molecule is COC(=O)COC(=O)c1ccccc1NC=O. The Hall–Kier alpha value is -2.37. The highest BCUT2D eigenvalue weighted by Crippen LogP contribution is 2.15. The summed E-state index contributed by atoms with van der Waals surface area (Å²) in [7, 11) is 1.19. The maximum Gasteiger partial charge on any atom is 0.344 e. The number of benzene rings is 1. The topological polar surface area (TPSA) is 81.7 Å². The Kier molecular flexibility index (Phi) is 4.68. The number of amides is 1. The third-order valence-corrected chi connectivity index (χ3v) is 1.91. The lowest BCUT2D eigenvalue weighted by Gasteiger charge is -2.07. The first-order chi connectivity index (χ1) is 8.19. The predicted molar refractivity (Wildman–Crippen MR) is 58.4 cm³/mol. The van der Waals surface area contributed by atoms with E-state index in [9.17, 15) is 14.4 Å². The summed E-state index contributed by atoms with van der Waals surface area (Å²) >= 11 is 0. The Labute approximate surface area is 97.5 Å². The fraction of sp³-hybridized carbons (Fsp3) is 0.182. The van der Waals surface area contributed by atoms with Crippen LogP contribution in [-0.4, -0.2) is 32.1 Å². The quantitative estimate of drug-likeness (QED) is 0.598. The van der Waals surface area contributed by atoms with Gasteiger partial charge in [-0.2, -0.15) is 0 Å². The van der Waals surface area contributed by atoms with Gasteiger partial charge in [0.05, 0.1) is 18.4 Å². The van der Waals surface area contributed by atoms with E-state index in [4.69, 9.17) is 4.74 Å². The van der Waals surface area contributed by atoms with Crippen molar-refractivity contribution < 1.29 is 23.9 Å². The molecule has 0 spiro atoms. The van der Waals surface area contributed by atoms with Crippen molar-refractivity contribution in [3.63, 3.8) is 0 Å². The molecule has 0 saturated heterocycles. The molecule has 1 rings (SSSR count). The largest absolute Gasteiger partial charge is 0.466 e. The molecule has 0 saturated carbocycles. The van der Waals surface area contributed by atoms with Crippen molar-refractivity contribution in [1.82, 2.24) is 0 Å². The van der Waals surface area contributed by atoms with Crippen molar-refractivity contribution in [3.05, 3.63) is 29.8 Å². The van der Waals surface area contributed by atoms with Gasteiger partial charge in [-0.1, -0.05) is 12.1 Å². The van der Waals surface area contributed by atoms with Crippen LogP contribution in [0.4, 0.5) is 5.69 Å². The van der Waals surface area contributed by atoms with Crippen LogP contribution >= 0.6 is 0 Å². The van der Waals surface area contributed by atoms with Gasteiger partial charge < -0.3 is 14.8 Å². The minimum Gasteiger partial charge on any atom is -0.466 e. The molecule has 0 aliphatic rings. The molecule has 90 valence electrons. The van der Waals surface area contributed by atoms with Crippen molar-refractivity contribution in [3.8, 4) is 0 Å². The molecule has 0 bridgehead atoms. The number of esters is 2. The molecule has 0 fully saturated rings. The van der Waals surface area contributed by atoms with Crippen molar-refractivity contribution in [2.45, 2.75) is 0 Å². The number of carbonyl (C=O) groups is 3. The number of carbonyl (C=O) groups excluding carboxylic acids is 3. The van der Waals surface area contributed by atoms with Gasteiger partial charge in [0.2, 0.25) is 6.41 Å². The second-order valence-electron chi connectivity index (χ2n) is 2.96. The van der Waals surface area contributed by atoms with Crippen LogP contribution in [0.3, 0.4) is 0 Å². The number of hydrogen-bond acceptors (Lipinski definition) is 5. The number of anilines is 1. The van der Waals surface area contributed by atoms with Crippen LogP contribution in [0.15, 0.2) is 24.3 Å². The lowest BCUT2D eigenvalue weighted by atomic mass is 10.2. The molecule has 1 aromatic rings. The van der Waals surface area contributed by atoms with E-state index in [-0.39, 0.29) is 5.56 Å². The molecule has 6 heteroatoms. The Balaban J connectivity index is 2.74. The predicted octanol–water partition coefficient (Wildman–Crippen LogP) is 0.585. The van der Waals surface area contributed by atoms with Gasteiger partial charge in [0.25, 0.3) is 0 Å². The van der Waals surface area contributed by atoms with Crippen LogP contribution in [0.2, 0.25) is 0 Å². The van der Waals surface area contributed by atoms with Crippen LogP contribution in [-0.2, 0) is 19.1 Å². The zero-order valence-corrected chi connectivity index (χ0v) is 9.14. The molecule has 0 atom stereocenters. The molecule has 0 aliphatic heterocycles. The molecule has 0 aliphatic carbocycles. The summed E-state index contributed by atoms with van der Waals surface area (Å²) in [4.78, 5) is 32.7. The second-order valence-corrected chi connectivity index (χ2v) is 2.96. The van der Waals surface area contributed by atoms with E-state index >= 15 is 0 Å². The fourth-order valence-electron chi connectivity index (χ4n) is 1.11. The summed E-state index contributed by atoms with van der Waals surface area (Å²) < 4.78 is 9.02. The first-order valence-electron chi connectivity index (χ1n) is 4.72. The maximum absolute atomic E-state index is 11.6. The van der Waals surface area contributed by atoms with Crippen molar-refractivity contribution >= 4 is 24.0 Å². The molecular formula is C11H11NO5. The van der Waals surface area contributed by atoms with Crippen molar-refractivity contribution in [1.29, 1.82) is 0 Å². The van der Waals surface area contributed by atoms with E-state index in [1.165, 1.54) is 13.2 Å². The molecule has 0 radical (unpaired) electrons. The van der Waals surface area contributed by atoms with Gasteiger partial charge in [-0.05, 0) is 12.1 Å². The zero-order valence-electron chi connectivity index (χ0n) is 9.14. The molecule has 1 N–H and O–H groups in total. The summed E-state index contributed by atoms with van der Waals surface area (Å²) in [6, 6.07) is 6.29.